The summed E-state index contributed by atoms with van der Waals surface area (Å²) >= 11 is 0. The van der Waals surface area contributed by atoms with Gasteiger partial charge in [0.2, 0.25) is 5.82 Å². The van der Waals surface area contributed by atoms with Crippen LogP contribution in [0, 0.1) is 19.3 Å². The third-order valence-electron chi connectivity index (χ3n) is 5.08. The van der Waals surface area contributed by atoms with E-state index in [2.05, 4.69) is 43.5 Å². The van der Waals surface area contributed by atoms with Gasteiger partial charge in [-0.1, -0.05) is 12.1 Å². The zero-order valence-electron chi connectivity index (χ0n) is 15.8. The van der Waals surface area contributed by atoms with Crippen LogP contribution in [0.3, 0.4) is 0 Å². The SMILES string of the molecule is Cc1cc(C)n(CC2(CNC(=O)c3ccc(-c4nnn(C)n4)cc3)CC2)n1. The molecular weight excluding hydrogens is 342 g/mol. The van der Waals surface area contributed by atoms with E-state index in [9.17, 15) is 4.79 Å². The summed E-state index contributed by atoms with van der Waals surface area (Å²) in [6, 6.07) is 9.36. The first kappa shape index (κ1) is 17.4. The molecule has 2 aromatic heterocycles. The number of benzene rings is 1. The van der Waals surface area contributed by atoms with Crippen LogP contribution in [0.1, 0.15) is 34.6 Å². The summed E-state index contributed by atoms with van der Waals surface area (Å²) in [4.78, 5) is 13.9. The van der Waals surface area contributed by atoms with Gasteiger partial charge in [0.05, 0.1) is 12.7 Å². The molecule has 0 bridgehead atoms. The van der Waals surface area contributed by atoms with E-state index < -0.39 is 0 Å². The molecule has 0 saturated heterocycles. The van der Waals surface area contributed by atoms with Crippen molar-refractivity contribution in [3.63, 3.8) is 0 Å². The van der Waals surface area contributed by atoms with Crippen molar-refractivity contribution in [1.29, 1.82) is 0 Å². The van der Waals surface area contributed by atoms with Gasteiger partial charge in [-0.05, 0) is 50.1 Å². The van der Waals surface area contributed by atoms with E-state index in [1.165, 1.54) is 10.5 Å². The van der Waals surface area contributed by atoms with Crippen LogP contribution in [0.25, 0.3) is 11.4 Å². The number of amides is 1. The van der Waals surface area contributed by atoms with Gasteiger partial charge in [0.1, 0.15) is 0 Å². The molecule has 0 radical (unpaired) electrons. The van der Waals surface area contributed by atoms with Gasteiger partial charge in [0.15, 0.2) is 0 Å². The Kier molecular flexibility index (Phi) is 4.25. The van der Waals surface area contributed by atoms with E-state index in [1.807, 2.05) is 19.1 Å². The van der Waals surface area contributed by atoms with Crippen molar-refractivity contribution in [3.05, 3.63) is 47.3 Å². The zero-order chi connectivity index (χ0) is 19.0. The summed E-state index contributed by atoms with van der Waals surface area (Å²) in [5, 5.41) is 19.6. The minimum absolute atomic E-state index is 0.0618. The zero-order valence-corrected chi connectivity index (χ0v) is 15.8. The Bertz CT molecular complexity index is 966. The monoisotopic (exact) mass is 365 g/mol. The molecule has 140 valence electrons. The highest BCUT2D eigenvalue weighted by atomic mass is 16.1. The van der Waals surface area contributed by atoms with Crippen LogP contribution in [0.15, 0.2) is 30.3 Å². The smallest absolute Gasteiger partial charge is 0.251 e. The third kappa shape index (κ3) is 3.74. The summed E-state index contributed by atoms with van der Waals surface area (Å²) in [6.07, 6.45) is 2.23. The number of rotatable bonds is 6. The first-order valence-electron chi connectivity index (χ1n) is 9.08. The Balaban J connectivity index is 1.37. The molecule has 0 unspecified atom stereocenters. The average molecular weight is 365 g/mol. The number of carbonyl (C=O) groups is 1. The normalized spacial score (nSPS) is 14.9. The Morgan fingerprint density at radius 1 is 1.19 bits per heavy atom. The molecule has 1 fully saturated rings. The number of nitrogens with zero attached hydrogens (tertiary/aromatic N) is 6. The summed E-state index contributed by atoms with van der Waals surface area (Å²) in [5.74, 6) is 0.486. The Labute approximate surface area is 157 Å². The molecule has 3 aromatic rings. The number of aryl methyl sites for hydroxylation is 3. The fraction of sp³-hybridized carbons (Fsp3) is 0.421. The van der Waals surface area contributed by atoms with E-state index in [0.717, 1.165) is 30.6 Å². The number of carbonyl (C=O) groups excluding carboxylic acids is 1. The Morgan fingerprint density at radius 2 is 1.93 bits per heavy atom. The first-order valence-corrected chi connectivity index (χ1v) is 9.08. The minimum Gasteiger partial charge on any atom is -0.351 e. The molecule has 1 aromatic carbocycles. The lowest BCUT2D eigenvalue weighted by Gasteiger charge is -2.17. The van der Waals surface area contributed by atoms with Gasteiger partial charge in [0.25, 0.3) is 5.91 Å². The van der Waals surface area contributed by atoms with Crippen LogP contribution < -0.4 is 5.32 Å². The molecule has 4 rings (SSSR count). The lowest BCUT2D eigenvalue weighted by Crippen LogP contribution is -2.32. The minimum atomic E-state index is -0.0618. The molecule has 0 atom stereocenters. The highest BCUT2D eigenvalue weighted by Crippen LogP contribution is 2.46. The van der Waals surface area contributed by atoms with Gasteiger partial charge in [-0.15, -0.1) is 10.2 Å². The Morgan fingerprint density at radius 3 is 2.48 bits per heavy atom. The summed E-state index contributed by atoms with van der Waals surface area (Å²) in [7, 11) is 1.72. The number of aromatic nitrogens is 6. The standard InChI is InChI=1S/C19H23N7O/c1-13-10-14(2)26(22-13)12-19(8-9-19)11-20-18(27)16-6-4-15(5-7-16)17-21-24-25(3)23-17/h4-7,10H,8-9,11-12H2,1-3H3,(H,20,27). The van der Waals surface area contributed by atoms with Gasteiger partial charge in [0, 0.05) is 35.3 Å². The molecule has 27 heavy (non-hydrogen) atoms. The van der Waals surface area contributed by atoms with E-state index in [0.29, 0.717) is 17.9 Å². The second-order valence-corrected chi connectivity index (χ2v) is 7.45. The van der Waals surface area contributed by atoms with Crippen molar-refractivity contribution < 1.29 is 4.79 Å². The van der Waals surface area contributed by atoms with Gasteiger partial charge >= 0.3 is 0 Å². The van der Waals surface area contributed by atoms with Crippen LogP contribution >= 0.6 is 0 Å². The number of tetrazole rings is 1. The van der Waals surface area contributed by atoms with E-state index in [1.54, 1.807) is 19.2 Å². The molecule has 0 aliphatic heterocycles. The van der Waals surface area contributed by atoms with Crippen LogP contribution in [0.5, 0.6) is 0 Å². The van der Waals surface area contributed by atoms with E-state index in [4.69, 9.17) is 0 Å². The van der Waals surface area contributed by atoms with Crippen LogP contribution in [0.4, 0.5) is 0 Å². The number of nitrogens with one attached hydrogen (secondary N) is 1. The maximum atomic E-state index is 12.5. The van der Waals surface area contributed by atoms with Crippen LogP contribution in [-0.2, 0) is 13.6 Å². The summed E-state index contributed by atoms with van der Waals surface area (Å²) in [6.45, 7) is 5.59. The highest BCUT2D eigenvalue weighted by Gasteiger charge is 2.43. The number of hydrogen-bond donors (Lipinski definition) is 1. The second-order valence-electron chi connectivity index (χ2n) is 7.45. The Hall–Kier alpha value is -3.03. The van der Waals surface area contributed by atoms with Gasteiger partial charge in [-0.25, -0.2) is 0 Å². The van der Waals surface area contributed by atoms with Crippen molar-refractivity contribution in [2.75, 3.05) is 6.54 Å². The maximum Gasteiger partial charge on any atom is 0.251 e. The van der Waals surface area contributed by atoms with Crippen molar-refractivity contribution in [1.82, 2.24) is 35.3 Å². The van der Waals surface area contributed by atoms with Crippen molar-refractivity contribution in [2.24, 2.45) is 12.5 Å². The van der Waals surface area contributed by atoms with Crippen LogP contribution in [-0.4, -0.2) is 42.4 Å². The summed E-state index contributed by atoms with van der Waals surface area (Å²) in [5.41, 5.74) is 3.79. The average Bonchev–Trinajstić information content (AvgIpc) is 3.16. The molecule has 8 heteroatoms. The highest BCUT2D eigenvalue weighted by molar-refractivity contribution is 5.94. The molecule has 2 heterocycles. The quantitative estimate of drug-likeness (QED) is 0.720. The predicted octanol–water partition coefficient (Wildman–Crippen LogP) is 1.90. The fourth-order valence-electron chi connectivity index (χ4n) is 3.26. The van der Waals surface area contributed by atoms with E-state index in [-0.39, 0.29) is 11.3 Å². The molecule has 0 spiro atoms. The van der Waals surface area contributed by atoms with Gasteiger partial charge in [-0.3, -0.25) is 9.48 Å². The molecule has 1 amide bonds. The van der Waals surface area contributed by atoms with Crippen molar-refractivity contribution >= 4 is 5.91 Å². The maximum absolute atomic E-state index is 12.5. The third-order valence-corrected chi connectivity index (χ3v) is 5.08. The molecule has 1 N–H and O–H groups in total. The number of hydrogen-bond acceptors (Lipinski definition) is 5. The van der Waals surface area contributed by atoms with Crippen molar-refractivity contribution in [3.8, 4) is 11.4 Å². The van der Waals surface area contributed by atoms with Crippen LogP contribution in [0.2, 0.25) is 0 Å². The predicted molar refractivity (Wildman–Crippen MR) is 99.9 cm³/mol. The van der Waals surface area contributed by atoms with Gasteiger partial charge in [-0.2, -0.15) is 9.90 Å². The summed E-state index contributed by atoms with van der Waals surface area (Å²) < 4.78 is 2.05. The first-order chi connectivity index (χ1) is 12.9. The van der Waals surface area contributed by atoms with Gasteiger partial charge < -0.3 is 5.32 Å². The largest absolute Gasteiger partial charge is 0.351 e. The molecule has 1 aliphatic rings. The lowest BCUT2D eigenvalue weighted by molar-refractivity contribution is 0.0942. The molecule has 1 saturated carbocycles. The topological polar surface area (TPSA) is 90.5 Å². The van der Waals surface area contributed by atoms with Crippen molar-refractivity contribution in [2.45, 2.75) is 33.2 Å². The lowest BCUT2D eigenvalue weighted by atomic mass is 10.1. The van der Waals surface area contributed by atoms with E-state index >= 15 is 0 Å². The second kappa shape index (κ2) is 6.61. The molecule has 8 nitrogen and oxygen atoms in total. The molecule has 1 aliphatic carbocycles. The molecular formula is C19H23N7O. The fourth-order valence-corrected chi connectivity index (χ4v) is 3.26.